The van der Waals surface area contributed by atoms with Gasteiger partial charge in [0.25, 0.3) is 0 Å². The number of rotatable bonds is 6. The maximum atomic E-state index is 13.4. The van der Waals surface area contributed by atoms with Crippen molar-refractivity contribution in [1.29, 1.82) is 0 Å². The van der Waals surface area contributed by atoms with Crippen molar-refractivity contribution >= 4 is 23.1 Å². The van der Waals surface area contributed by atoms with Gasteiger partial charge >= 0.3 is 0 Å². The Kier molecular flexibility index (Phi) is 5.23. The Morgan fingerprint density at radius 2 is 2.06 bits per heavy atom. The van der Waals surface area contributed by atoms with E-state index in [1.54, 1.807) is 23.5 Å². The van der Waals surface area contributed by atoms with E-state index >= 15 is 0 Å². The fourth-order valence-electron chi connectivity index (χ4n) is 1.62. The number of hydrogen-bond donors (Lipinski definition) is 1. The standard InChI is InChI=1S/C14H16FNS2/c15-13-5-1-2-6-14(13)18-10-11(16)7-8-12-4-3-9-17-12/h1-6,9,11H,7-8,10,16H2. The summed E-state index contributed by atoms with van der Waals surface area (Å²) in [5, 5.41) is 2.08. The van der Waals surface area contributed by atoms with Gasteiger partial charge in [0.15, 0.2) is 0 Å². The molecule has 0 aliphatic heterocycles. The maximum Gasteiger partial charge on any atom is 0.136 e. The molecule has 0 fully saturated rings. The lowest BCUT2D eigenvalue weighted by atomic mass is 10.2. The first-order chi connectivity index (χ1) is 8.75. The highest BCUT2D eigenvalue weighted by molar-refractivity contribution is 7.99. The van der Waals surface area contributed by atoms with Crippen molar-refractivity contribution in [3.8, 4) is 0 Å². The second-order valence-electron chi connectivity index (χ2n) is 4.12. The number of halogens is 1. The predicted molar refractivity (Wildman–Crippen MR) is 77.7 cm³/mol. The minimum Gasteiger partial charge on any atom is -0.327 e. The van der Waals surface area contributed by atoms with Crippen molar-refractivity contribution in [2.75, 3.05) is 5.75 Å². The van der Waals surface area contributed by atoms with Crippen LogP contribution in [0.15, 0.2) is 46.7 Å². The predicted octanol–water partition coefficient (Wildman–Crippen LogP) is 3.94. The molecular formula is C14H16FNS2. The highest BCUT2D eigenvalue weighted by Crippen LogP contribution is 2.22. The lowest BCUT2D eigenvalue weighted by Crippen LogP contribution is -2.23. The summed E-state index contributed by atoms with van der Waals surface area (Å²) in [5.74, 6) is 0.597. The number of nitrogens with two attached hydrogens (primary N) is 1. The van der Waals surface area contributed by atoms with Gasteiger partial charge in [-0.1, -0.05) is 18.2 Å². The summed E-state index contributed by atoms with van der Waals surface area (Å²) < 4.78 is 13.4. The normalized spacial score (nSPS) is 12.6. The van der Waals surface area contributed by atoms with Gasteiger partial charge in [-0.2, -0.15) is 0 Å². The number of hydrogen-bond acceptors (Lipinski definition) is 3. The largest absolute Gasteiger partial charge is 0.327 e. The molecule has 2 aromatic rings. The first-order valence-electron chi connectivity index (χ1n) is 5.91. The monoisotopic (exact) mass is 281 g/mol. The summed E-state index contributed by atoms with van der Waals surface area (Å²) in [6, 6.07) is 11.1. The van der Waals surface area contributed by atoms with Gasteiger partial charge in [0, 0.05) is 21.6 Å². The maximum absolute atomic E-state index is 13.4. The highest BCUT2D eigenvalue weighted by Gasteiger charge is 2.07. The first kappa shape index (κ1) is 13.6. The Hall–Kier alpha value is -0.840. The van der Waals surface area contributed by atoms with Crippen LogP contribution < -0.4 is 5.73 Å². The van der Waals surface area contributed by atoms with E-state index in [4.69, 9.17) is 5.73 Å². The average Bonchev–Trinajstić information content (AvgIpc) is 2.88. The molecule has 0 aliphatic rings. The van der Waals surface area contributed by atoms with Crippen LogP contribution in [0.25, 0.3) is 0 Å². The molecule has 2 N–H and O–H groups in total. The van der Waals surface area contributed by atoms with Crippen molar-refractivity contribution in [2.45, 2.75) is 23.8 Å². The van der Waals surface area contributed by atoms with E-state index in [1.165, 1.54) is 22.7 Å². The average molecular weight is 281 g/mol. The summed E-state index contributed by atoms with van der Waals surface area (Å²) in [6.07, 6.45) is 1.96. The molecule has 1 nitrogen and oxygen atoms in total. The number of aryl methyl sites for hydroxylation is 1. The second kappa shape index (κ2) is 6.92. The molecule has 0 amide bonds. The Bertz CT molecular complexity index is 470. The molecule has 0 saturated carbocycles. The fraction of sp³-hybridized carbons (Fsp3) is 0.286. The zero-order valence-corrected chi connectivity index (χ0v) is 11.6. The zero-order chi connectivity index (χ0) is 12.8. The van der Waals surface area contributed by atoms with Gasteiger partial charge in [0.05, 0.1) is 0 Å². The lowest BCUT2D eigenvalue weighted by molar-refractivity contribution is 0.601. The van der Waals surface area contributed by atoms with Crippen LogP contribution in [0.4, 0.5) is 4.39 Å². The first-order valence-corrected chi connectivity index (χ1v) is 7.77. The van der Waals surface area contributed by atoms with Gasteiger partial charge in [-0.05, 0) is 36.4 Å². The van der Waals surface area contributed by atoms with Crippen LogP contribution in [0.5, 0.6) is 0 Å². The summed E-state index contributed by atoms with van der Waals surface area (Å²) >= 11 is 3.26. The van der Waals surface area contributed by atoms with Crippen LogP contribution in [-0.2, 0) is 6.42 Å². The molecule has 1 aromatic carbocycles. The molecule has 96 valence electrons. The van der Waals surface area contributed by atoms with Crippen LogP contribution in [0.3, 0.4) is 0 Å². The Morgan fingerprint density at radius 3 is 2.78 bits per heavy atom. The summed E-state index contributed by atoms with van der Waals surface area (Å²) in [6.45, 7) is 0. The van der Waals surface area contributed by atoms with E-state index in [0.717, 1.165) is 18.6 Å². The Morgan fingerprint density at radius 1 is 1.22 bits per heavy atom. The minimum atomic E-state index is -0.159. The fourth-order valence-corrected chi connectivity index (χ4v) is 3.29. The zero-order valence-electron chi connectivity index (χ0n) is 10.0. The number of benzene rings is 1. The minimum absolute atomic E-state index is 0.108. The van der Waals surface area contributed by atoms with Crippen molar-refractivity contribution in [3.63, 3.8) is 0 Å². The molecule has 1 heterocycles. The highest BCUT2D eigenvalue weighted by atomic mass is 32.2. The van der Waals surface area contributed by atoms with Gasteiger partial charge in [0.2, 0.25) is 0 Å². The van der Waals surface area contributed by atoms with E-state index in [1.807, 2.05) is 6.07 Å². The molecule has 0 bridgehead atoms. The van der Waals surface area contributed by atoms with E-state index in [-0.39, 0.29) is 11.9 Å². The molecule has 0 aliphatic carbocycles. The van der Waals surface area contributed by atoms with E-state index in [9.17, 15) is 4.39 Å². The van der Waals surface area contributed by atoms with E-state index < -0.39 is 0 Å². The van der Waals surface area contributed by atoms with Crippen LogP contribution in [0.2, 0.25) is 0 Å². The summed E-state index contributed by atoms with van der Waals surface area (Å²) in [5.41, 5.74) is 6.05. The van der Waals surface area contributed by atoms with E-state index in [2.05, 4.69) is 17.5 Å². The molecule has 4 heteroatoms. The third-order valence-corrected chi connectivity index (χ3v) is 4.80. The van der Waals surface area contributed by atoms with E-state index in [0.29, 0.717) is 4.90 Å². The number of thiophene rings is 1. The van der Waals surface area contributed by atoms with Crippen molar-refractivity contribution in [1.82, 2.24) is 0 Å². The van der Waals surface area contributed by atoms with Gasteiger partial charge in [0.1, 0.15) is 5.82 Å². The Labute approximate surface area is 115 Å². The van der Waals surface area contributed by atoms with Gasteiger partial charge in [-0.3, -0.25) is 0 Å². The summed E-state index contributed by atoms with van der Waals surface area (Å²) in [7, 11) is 0. The van der Waals surface area contributed by atoms with Crippen molar-refractivity contribution < 1.29 is 4.39 Å². The smallest absolute Gasteiger partial charge is 0.136 e. The molecule has 1 aromatic heterocycles. The van der Waals surface area contributed by atoms with Gasteiger partial charge in [-0.25, -0.2) is 4.39 Å². The van der Waals surface area contributed by atoms with Crippen LogP contribution >= 0.6 is 23.1 Å². The molecule has 0 radical (unpaired) electrons. The molecule has 0 saturated heterocycles. The molecule has 18 heavy (non-hydrogen) atoms. The third-order valence-electron chi connectivity index (χ3n) is 2.63. The molecule has 1 atom stereocenters. The van der Waals surface area contributed by atoms with Gasteiger partial charge in [-0.15, -0.1) is 23.1 Å². The molecular weight excluding hydrogens is 265 g/mol. The topological polar surface area (TPSA) is 26.0 Å². The molecule has 0 spiro atoms. The molecule has 1 unspecified atom stereocenters. The van der Waals surface area contributed by atoms with Crippen molar-refractivity contribution in [3.05, 3.63) is 52.5 Å². The van der Waals surface area contributed by atoms with Crippen LogP contribution in [-0.4, -0.2) is 11.8 Å². The second-order valence-corrected chi connectivity index (χ2v) is 6.21. The van der Waals surface area contributed by atoms with Crippen LogP contribution in [0.1, 0.15) is 11.3 Å². The Balaban J connectivity index is 1.75. The summed E-state index contributed by atoms with van der Waals surface area (Å²) in [4.78, 5) is 2.05. The third kappa shape index (κ3) is 4.12. The van der Waals surface area contributed by atoms with Crippen molar-refractivity contribution in [2.24, 2.45) is 5.73 Å². The lowest BCUT2D eigenvalue weighted by Gasteiger charge is -2.10. The van der Waals surface area contributed by atoms with Crippen LogP contribution in [0, 0.1) is 5.82 Å². The van der Waals surface area contributed by atoms with Gasteiger partial charge < -0.3 is 5.73 Å². The quantitative estimate of drug-likeness (QED) is 0.812. The number of thioether (sulfide) groups is 1. The SMILES string of the molecule is NC(CCc1cccs1)CSc1ccccc1F. The molecule has 2 rings (SSSR count).